The molecule has 4 N–H and O–H groups in total. The van der Waals surface area contributed by atoms with Gasteiger partial charge in [0.05, 0.1) is 6.61 Å². The fourth-order valence-corrected chi connectivity index (χ4v) is 1.45. The maximum atomic E-state index is 9.46. The van der Waals surface area contributed by atoms with Crippen LogP contribution < -0.4 is 5.73 Å². The van der Waals surface area contributed by atoms with Gasteiger partial charge in [-0.15, -0.1) is 0 Å². The number of nitrogens with two attached hydrogens (primary N) is 1. The number of likely N-dealkylation sites (tertiary alicyclic amines) is 1. The third kappa shape index (κ3) is 2.13. The fraction of sp³-hybridized carbons (Fsp3) is 1.00. The summed E-state index contributed by atoms with van der Waals surface area (Å²) in [5.41, 5.74) is 5.63. The second-order valence-electron chi connectivity index (χ2n) is 2.98. The Morgan fingerprint density at radius 3 is 2.91 bits per heavy atom. The van der Waals surface area contributed by atoms with Crippen LogP contribution in [0.15, 0.2) is 0 Å². The summed E-state index contributed by atoms with van der Waals surface area (Å²) in [6, 6.07) is -0.143. The molecule has 66 valence electrons. The van der Waals surface area contributed by atoms with Crippen molar-refractivity contribution >= 4 is 0 Å². The van der Waals surface area contributed by atoms with Crippen LogP contribution in [0.25, 0.3) is 0 Å². The zero-order valence-electron chi connectivity index (χ0n) is 6.61. The van der Waals surface area contributed by atoms with Crippen molar-refractivity contribution in [2.75, 3.05) is 19.7 Å². The predicted octanol–water partition coefficient (Wildman–Crippen LogP) is -1.28. The van der Waals surface area contributed by atoms with Crippen molar-refractivity contribution in [1.82, 2.24) is 4.90 Å². The minimum absolute atomic E-state index is 0.0871. The normalized spacial score (nSPS) is 34.1. The average Bonchev–Trinajstić information content (AvgIpc) is 1.99. The highest BCUT2D eigenvalue weighted by Gasteiger charge is 2.25. The van der Waals surface area contributed by atoms with E-state index in [-0.39, 0.29) is 12.6 Å². The van der Waals surface area contributed by atoms with Crippen LogP contribution in [0.3, 0.4) is 0 Å². The topological polar surface area (TPSA) is 69.7 Å². The highest BCUT2D eigenvalue weighted by Crippen LogP contribution is 2.12. The minimum atomic E-state index is -0.559. The largest absolute Gasteiger partial charge is 0.395 e. The van der Waals surface area contributed by atoms with Gasteiger partial charge in [-0.1, -0.05) is 0 Å². The van der Waals surface area contributed by atoms with Crippen LogP contribution in [0.1, 0.15) is 12.8 Å². The smallest absolute Gasteiger partial charge is 0.122 e. The summed E-state index contributed by atoms with van der Waals surface area (Å²) in [5.74, 6) is 0. The zero-order valence-corrected chi connectivity index (χ0v) is 6.61. The Morgan fingerprint density at radius 1 is 1.55 bits per heavy atom. The Hall–Kier alpha value is -0.160. The van der Waals surface area contributed by atoms with Gasteiger partial charge in [0.25, 0.3) is 0 Å². The van der Waals surface area contributed by atoms with Gasteiger partial charge in [0.1, 0.15) is 6.23 Å². The van der Waals surface area contributed by atoms with Crippen molar-refractivity contribution in [3.8, 4) is 0 Å². The molecule has 0 aromatic carbocycles. The van der Waals surface area contributed by atoms with E-state index < -0.39 is 6.23 Å². The molecule has 0 bridgehead atoms. The molecule has 2 atom stereocenters. The second-order valence-corrected chi connectivity index (χ2v) is 2.98. The molecule has 0 aromatic heterocycles. The summed E-state index contributed by atoms with van der Waals surface area (Å²) in [6.45, 7) is 1.45. The highest BCUT2D eigenvalue weighted by atomic mass is 16.3. The predicted molar refractivity (Wildman–Crippen MR) is 41.9 cm³/mol. The number of hydrogen-bond donors (Lipinski definition) is 3. The van der Waals surface area contributed by atoms with Gasteiger partial charge < -0.3 is 15.9 Å². The van der Waals surface area contributed by atoms with E-state index in [1.165, 1.54) is 0 Å². The summed E-state index contributed by atoms with van der Waals surface area (Å²) >= 11 is 0. The molecule has 0 radical (unpaired) electrons. The second kappa shape index (κ2) is 4.01. The first-order chi connectivity index (χ1) is 5.25. The fourth-order valence-electron chi connectivity index (χ4n) is 1.45. The summed E-state index contributed by atoms with van der Waals surface area (Å²) in [4.78, 5) is 1.81. The van der Waals surface area contributed by atoms with Gasteiger partial charge in [-0.2, -0.15) is 0 Å². The van der Waals surface area contributed by atoms with Gasteiger partial charge in [0.2, 0.25) is 0 Å². The Labute approximate surface area is 66.6 Å². The number of aliphatic hydroxyl groups excluding tert-OH is 2. The Balaban J connectivity index is 2.38. The maximum Gasteiger partial charge on any atom is 0.122 e. The average molecular weight is 160 g/mol. The molecule has 1 heterocycles. The molecular weight excluding hydrogens is 144 g/mol. The van der Waals surface area contributed by atoms with E-state index in [0.29, 0.717) is 6.54 Å². The van der Waals surface area contributed by atoms with Crippen LogP contribution in [0, 0.1) is 0 Å². The Morgan fingerprint density at radius 2 is 2.27 bits per heavy atom. The molecule has 0 spiro atoms. The standard InChI is InChI=1S/C7H16N2O2/c8-6-2-1-3-9(4-5-10)7(6)11/h6-7,10-11H,1-5,8H2/t6-,7?/m0/s1. The van der Waals surface area contributed by atoms with Crippen LogP contribution in [-0.2, 0) is 0 Å². The Bertz CT molecular complexity index is 119. The molecular formula is C7H16N2O2. The van der Waals surface area contributed by atoms with Gasteiger partial charge >= 0.3 is 0 Å². The van der Waals surface area contributed by atoms with E-state index in [1.807, 2.05) is 4.90 Å². The lowest BCUT2D eigenvalue weighted by atomic mass is 10.1. The molecule has 1 saturated heterocycles. The third-order valence-electron chi connectivity index (χ3n) is 2.13. The van der Waals surface area contributed by atoms with Gasteiger partial charge in [-0.25, -0.2) is 0 Å². The summed E-state index contributed by atoms with van der Waals surface area (Å²) in [7, 11) is 0. The van der Waals surface area contributed by atoms with Crippen LogP contribution in [0.2, 0.25) is 0 Å². The maximum absolute atomic E-state index is 9.46. The first kappa shape index (κ1) is 8.93. The minimum Gasteiger partial charge on any atom is -0.395 e. The van der Waals surface area contributed by atoms with Crippen LogP contribution >= 0.6 is 0 Å². The van der Waals surface area contributed by atoms with Crippen LogP contribution in [-0.4, -0.2) is 47.1 Å². The van der Waals surface area contributed by atoms with Gasteiger partial charge in [0.15, 0.2) is 0 Å². The van der Waals surface area contributed by atoms with Crippen molar-refractivity contribution in [2.45, 2.75) is 25.1 Å². The van der Waals surface area contributed by atoms with E-state index in [2.05, 4.69) is 0 Å². The van der Waals surface area contributed by atoms with Crippen molar-refractivity contribution in [1.29, 1.82) is 0 Å². The number of rotatable bonds is 2. The van der Waals surface area contributed by atoms with Gasteiger partial charge in [-0.3, -0.25) is 4.90 Å². The molecule has 11 heavy (non-hydrogen) atoms. The number of β-amino-alcohol motifs (C(OH)–C–C–N with tert-alkyl or cyclic N) is 1. The molecule has 4 heteroatoms. The number of nitrogens with zero attached hydrogens (tertiary/aromatic N) is 1. The van der Waals surface area contributed by atoms with E-state index >= 15 is 0 Å². The molecule has 1 aliphatic rings. The molecule has 1 fully saturated rings. The highest BCUT2D eigenvalue weighted by molar-refractivity contribution is 4.78. The summed E-state index contributed by atoms with van der Waals surface area (Å²) < 4.78 is 0. The van der Waals surface area contributed by atoms with E-state index in [1.54, 1.807) is 0 Å². The third-order valence-corrected chi connectivity index (χ3v) is 2.13. The lowest BCUT2D eigenvalue weighted by molar-refractivity contribution is -0.0443. The lowest BCUT2D eigenvalue weighted by Gasteiger charge is -2.35. The van der Waals surface area contributed by atoms with Crippen molar-refractivity contribution in [3.63, 3.8) is 0 Å². The molecule has 0 amide bonds. The molecule has 4 nitrogen and oxygen atoms in total. The van der Waals surface area contributed by atoms with Crippen LogP contribution in [0.4, 0.5) is 0 Å². The van der Waals surface area contributed by atoms with Gasteiger partial charge in [-0.05, 0) is 12.8 Å². The summed E-state index contributed by atoms with van der Waals surface area (Å²) in [5, 5.41) is 18.1. The number of hydrogen-bond acceptors (Lipinski definition) is 4. The van der Waals surface area contributed by atoms with Gasteiger partial charge in [0, 0.05) is 19.1 Å². The summed E-state index contributed by atoms with van der Waals surface area (Å²) in [6.07, 6.45) is 1.33. The first-order valence-electron chi connectivity index (χ1n) is 4.04. The quantitative estimate of drug-likeness (QED) is 0.470. The molecule has 0 aromatic rings. The van der Waals surface area contributed by atoms with Crippen molar-refractivity contribution in [2.24, 2.45) is 5.73 Å². The molecule has 1 rings (SSSR count). The molecule has 1 aliphatic heterocycles. The monoisotopic (exact) mass is 160 g/mol. The molecule has 0 saturated carbocycles. The Kier molecular flexibility index (Phi) is 3.26. The van der Waals surface area contributed by atoms with Crippen LogP contribution in [0.5, 0.6) is 0 Å². The van der Waals surface area contributed by atoms with Crippen molar-refractivity contribution < 1.29 is 10.2 Å². The number of piperidine rings is 1. The van der Waals surface area contributed by atoms with Crippen molar-refractivity contribution in [3.05, 3.63) is 0 Å². The number of aliphatic hydroxyl groups is 2. The molecule has 0 aliphatic carbocycles. The van der Waals surface area contributed by atoms with E-state index in [0.717, 1.165) is 19.4 Å². The first-order valence-corrected chi connectivity index (χ1v) is 4.04. The lowest BCUT2D eigenvalue weighted by Crippen LogP contribution is -2.52. The van der Waals surface area contributed by atoms with E-state index in [4.69, 9.17) is 10.8 Å². The zero-order chi connectivity index (χ0) is 8.27. The SMILES string of the molecule is N[C@H]1CCCN(CCO)C1O. The van der Waals surface area contributed by atoms with E-state index in [9.17, 15) is 5.11 Å². The molecule has 1 unspecified atom stereocenters.